The van der Waals surface area contributed by atoms with E-state index in [1.807, 2.05) is 0 Å². The number of carboxylic acid groups (broad SMARTS) is 1. The molecule has 0 spiro atoms. The van der Waals surface area contributed by atoms with E-state index in [0.717, 1.165) is 6.07 Å². The first-order chi connectivity index (χ1) is 12.4. The van der Waals surface area contributed by atoms with Crippen LogP contribution < -0.4 is 19.5 Å². The van der Waals surface area contributed by atoms with Crippen LogP contribution in [0.15, 0.2) is 42.5 Å². The number of ether oxygens (including phenoxy) is 3. The van der Waals surface area contributed by atoms with Crippen molar-refractivity contribution in [1.29, 1.82) is 0 Å². The van der Waals surface area contributed by atoms with Gasteiger partial charge in [0.1, 0.15) is 17.2 Å². The van der Waals surface area contributed by atoms with Gasteiger partial charge in [-0.25, -0.2) is 4.79 Å². The Morgan fingerprint density at radius 3 is 2.42 bits per heavy atom. The van der Waals surface area contributed by atoms with E-state index in [1.165, 1.54) is 26.2 Å². The molecule has 0 fully saturated rings. The normalized spacial score (nSPS) is 9.92. The number of esters is 1. The van der Waals surface area contributed by atoms with E-state index in [-0.39, 0.29) is 23.6 Å². The first kappa shape index (κ1) is 18.8. The Labute approximate surface area is 149 Å². The lowest BCUT2D eigenvalue weighted by molar-refractivity contribution is -0.131. The van der Waals surface area contributed by atoms with Gasteiger partial charge in [0.2, 0.25) is 0 Å². The maximum Gasteiger partial charge on any atom is 0.337 e. The Balaban J connectivity index is 2.05. The van der Waals surface area contributed by atoms with Gasteiger partial charge in [0.05, 0.1) is 18.4 Å². The SMILES string of the molecule is COc1cccc(OCC(=O)Nc2ccc(OC(C)=O)cc2C(=O)O)c1. The second-order valence-corrected chi connectivity index (χ2v) is 5.12. The van der Waals surface area contributed by atoms with E-state index < -0.39 is 17.8 Å². The Bertz CT molecular complexity index is 832. The summed E-state index contributed by atoms with van der Waals surface area (Å²) in [5.41, 5.74) is -0.147. The van der Waals surface area contributed by atoms with Crippen molar-refractivity contribution in [3.05, 3.63) is 48.0 Å². The third-order valence-electron chi connectivity index (χ3n) is 3.17. The summed E-state index contributed by atoms with van der Waals surface area (Å²) in [7, 11) is 1.51. The molecule has 0 aliphatic rings. The number of rotatable bonds is 7. The molecule has 1 amide bonds. The minimum absolute atomic E-state index is 0.0626. The van der Waals surface area contributed by atoms with Crippen LogP contribution in [0.1, 0.15) is 17.3 Å². The Hall–Kier alpha value is -3.55. The third-order valence-corrected chi connectivity index (χ3v) is 3.17. The minimum Gasteiger partial charge on any atom is -0.497 e. The number of carbonyl (C=O) groups excluding carboxylic acids is 2. The van der Waals surface area contributed by atoms with Crippen LogP contribution in [0.4, 0.5) is 5.69 Å². The molecule has 26 heavy (non-hydrogen) atoms. The summed E-state index contributed by atoms with van der Waals surface area (Å²) in [6, 6.07) is 10.6. The Morgan fingerprint density at radius 1 is 1.04 bits per heavy atom. The first-order valence-corrected chi connectivity index (χ1v) is 7.51. The average molecular weight is 359 g/mol. The van der Waals surface area contributed by atoms with Crippen LogP contribution in [0.2, 0.25) is 0 Å². The lowest BCUT2D eigenvalue weighted by Gasteiger charge is -2.11. The van der Waals surface area contributed by atoms with Crippen LogP contribution in [-0.2, 0) is 9.59 Å². The largest absolute Gasteiger partial charge is 0.497 e. The molecule has 0 saturated carbocycles. The predicted molar refractivity (Wildman–Crippen MR) is 91.8 cm³/mol. The molecule has 0 saturated heterocycles. The highest BCUT2D eigenvalue weighted by molar-refractivity contribution is 6.01. The fourth-order valence-electron chi connectivity index (χ4n) is 2.06. The standard InChI is InChI=1S/C18H17NO7/c1-11(20)26-14-6-7-16(15(9-14)18(22)23)19-17(21)10-25-13-5-3-4-12(8-13)24-2/h3-9H,10H2,1-2H3,(H,19,21)(H,22,23). The number of amides is 1. The molecule has 2 N–H and O–H groups in total. The molecular formula is C18H17NO7. The highest BCUT2D eigenvalue weighted by Crippen LogP contribution is 2.23. The molecule has 8 nitrogen and oxygen atoms in total. The molecule has 0 atom stereocenters. The van der Waals surface area contributed by atoms with Crippen molar-refractivity contribution in [3.63, 3.8) is 0 Å². The second kappa shape index (κ2) is 8.52. The summed E-state index contributed by atoms with van der Waals surface area (Å²) in [4.78, 5) is 34.3. The van der Waals surface area contributed by atoms with Gasteiger partial charge in [0.15, 0.2) is 6.61 Å². The molecule has 2 rings (SSSR count). The van der Waals surface area contributed by atoms with Crippen LogP contribution in [0.25, 0.3) is 0 Å². The van der Waals surface area contributed by atoms with Gasteiger partial charge in [0.25, 0.3) is 5.91 Å². The smallest absolute Gasteiger partial charge is 0.337 e. The van der Waals surface area contributed by atoms with Gasteiger partial charge in [-0.15, -0.1) is 0 Å². The minimum atomic E-state index is -1.27. The molecule has 0 bridgehead atoms. The van der Waals surface area contributed by atoms with Crippen LogP contribution in [0.3, 0.4) is 0 Å². The number of anilines is 1. The molecule has 2 aromatic carbocycles. The van der Waals surface area contributed by atoms with E-state index in [2.05, 4.69) is 5.32 Å². The molecule has 0 heterocycles. The van der Waals surface area contributed by atoms with Gasteiger partial charge in [-0.3, -0.25) is 9.59 Å². The van der Waals surface area contributed by atoms with E-state index in [1.54, 1.807) is 24.3 Å². The van der Waals surface area contributed by atoms with Crippen LogP contribution in [-0.4, -0.2) is 36.7 Å². The van der Waals surface area contributed by atoms with Crippen LogP contribution in [0, 0.1) is 0 Å². The topological polar surface area (TPSA) is 111 Å². The highest BCUT2D eigenvalue weighted by Gasteiger charge is 2.15. The van der Waals surface area contributed by atoms with Gasteiger partial charge in [-0.2, -0.15) is 0 Å². The zero-order chi connectivity index (χ0) is 19.1. The summed E-state index contributed by atoms with van der Waals surface area (Å²) in [5, 5.41) is 11.7. The number of hydrogen-bond acceptors (Lipinski definition) is 6. The monoisotopic (exact) mass is 359 g/mol. The van der Waals surface area contributed by atoms with E-state index >= 15 is 0 Å². The fraction of sp³-hybridized carbons (Fsp3) is 0.167. The van der Waals surface area contributed by atoms with Gasteiger partial charge < -0.3 is 24.6 Å². The number of carboxylic acids is 1. The molecule has 0 aliphatic heterocycles. The third kappa shape index (κ3) is 5.23. The zero-order valence-corrected chi connectivity index (χ0v) is 14.1. The molecule has 8 heteroatoms. The molecule has 0 aromatic heterocycles. The van der Waals surface area contributed by atoms with Crippen molar-refractivity contribution in [1.82, 2.24) is 0 Å². The summed E-state index contributed by atoms with van der Waals surface area (Å²) in [5.74, 6) is -1.32. The summed E-state index contributed by atoms with van der Waals surface area (Å²) < 4.78 is 15.2. The molecule has 0 aliphatic carbocycles. The van der Waals surface area contributed by atoms with Crippen molar-refractivity contribution in [2.45, 2.75) is 6.92 Å². The van der Waals surface area contributed by atoms with Gasteiger partial charge in [-0.1, -0.05) is 6.07 Å². The summed E-state index contributed by atoms with van der Waals surface area (Å²) in [6.45, 7) is 0.879. The molecule has 136 valence electrons. The number of methoxy groups -OCH3 is 1. The summed E-state index contributed by atoms with van der Waals surface area (Å²) in [6.07, 6.45) is 0. The van der Waals surface area contributed by atoms with Crippen molar-refractivity contribution in [2.24, 2.45) is 0 Å². The van der Waals surface area contributed by atoms with E-state index in [9.17, 15) is 19.5 Å². The van der Waals surface area contributed by atoms with Crippen molar-refractivity contribution < 1.29 is 33.7 Å². The average Bonchev–Trinajstić information content (AvgIpc) is 2.60. The Kier molecular flexibility index (Phi) is 6.15. The maximum atomic E-state index is 12.0. The number of aromatic carboxylic acids is 1. The van der Waals surface area contributed by atoms with Crippen LogP contribution in [0.5, 0.6) is 17.2 Å². The quantitative estimate of drug-likeness (QED) is 0.576. The molecule has 0 unspecified atom stereocenters. The number of carbonyl (C=O) groups is 3. The van der Waals surface area contributed by atoms with Crippen molar-refractivity contribution >= 4 is 23.5 Å². The van der Waals surface area contributed by atoms with Crippen LogP contribution >= 0.6 is 0 Å². The molecular weight excluding hydrogens is 342 g/mol. The highest BCUT2D eigenvalue weighted by atomic mass is 16.5. The van der Waals surface area contributed by atoms with Gasteiger partial charge in [0, 0.05) is 13.0 Å². The summed E-state index contributed by atoms with van der Waals surface area (Å²) >= 11 is 0. The Morgan fingerprint density at radius 2 is 1.77 bits per heavy atom. The molecule has 0 radical (unpaired) electrons. The predicted octanol–water partition coefficient (Wildman–Crippen LogP) is 2.34. The number of hydrogen-bond donors (Lipinski definition) is 2. The van der Waals surface area contributed by atoms with E-state index in [0.29, 0.717) is 11.5 Å². The first-order valence-electron chi connectivity index (χ1n) is 7.51. The number of benzene rings is 2. The fourth-order valence-corrected chi connectivity index (χ4v) is 2.06. The zero-order valence-electron chi connectivity index (χ0n) is 14.1. The number of nitrogens with one attached hydrogen (secondary N) is 1. The van der Waals surface area contributed by atoms with Crippen molar-refractivity contribution in [3.8, 4) is 17.2 Å². The van der Waals surface area contributed by atoms with Gasteiger partial charge >= 0.3 is 11.9 Å². The maximum absolute atomic E-state index is 12.0. The van der Waals surface area contributed by atoms with Crippen molar-refractivity contribution in [2.75, 3.05) is 19.0 Å². The lowest BCUT2D eigenvalue weighted by atomic mass is 10.1. The second-order valence-electron chi connectivity index (χ2n) is 5.12. The lowest BCUT2D eigenvalue weighted by Crippen LogP contribution is -2.21. The van der Waals surface area contributed by atoms with E-state index in [4.69, 9.17) is 14.2 Å². The van der Waals surface area contributed by atoms with Gasteiger partial charge in [-0.05, 0) is 30.3 Å². The molecule has 2 aromatic rings.